The summed E-state index contributed by atoms with van der Waals surface area (Å²) in [5, 5.41) is 13.9. The van der Waals surface area contributed by atoms with Crippen LogP contribution in [-0.4, -0.2) is 32.6 Å². The van der Waals surface area contributed by atoms with Gasteiger partial charge in [0, 0.05) is 0 Å². The minimum absolute atomic E-state index is 0.260. The lowest BCUT2D eigenvalue weighted by Gasteiger charge is -2.18. The summed E-state index contributed by atoms with van der Waals surface area (Å²) >= 11 is 0. The lowest BCUT2D eigenvalue weighted by molar-refractivity contribution is 0.0555. The number of hydrogen-bond acceptors (Lipinski definition) is 5. The van der Waals surface area contributed by atoms with E-state index < -0.39 is 5.60 Å². The summed E-state index contributed by atoms with van der Waals surface area (Å²) in [6, 6.07) is 7.41. The molecule has 0 aliphatic heterocycles. The monoisotopic (exact) mass is 277 g/mol. The van der Waals surface area contributed by atoms with Crippen LogP contribution in [0.15, 0.2) is 30.6 Å². The van der Waals surface area contributed by atoms with E-state index in [9.17, 15) is 5.11 Å². The summed E-state index contributed by atoms with van der Waals surface area (Å²) in [7, 11) is 1.60. The Hall–Kier alpha value is -2.08. The SMILES string of the molecule is COc1ccccc1OCc1ncnn1CC(C)(C)O. The molecule has 1 aromatic heterocycles. The highest BCUT2D eigenvalue weighted by Crippen LogP contribution is 2.26. The van der Waals surface area contributed by atoms with Crippen molar-refractivity contribution in [2.75, 3.05) is 7.11 Å². The second-order valence-corrected chi connectivity index (χ2v) is 5.09. The molecule has 2 aromatic rings. The Labute approximate surface area is 118 Å². The van der Waals surface area contributed by atoms with E-state index in [1.54, 1.807) is 25.6 Å². The molecule has 0 aliphatic rings. The van der Waals surface area contributed by atoms with Gasteiger partial charge in [-0.05, 0) is 26.0 Å². The Morgan fingerprint density at radius 2 is 1.95 bits per heavy atom. The van der Waals surface area contributed by atoms with Crippen LogP contribution in [0.5, 0.6) is 11.5 Å². The number of aliphatic hydroxyl groups is 1. The van der Waals surface area contributed by atoms with E-state index in [1.807, 2.05) is 24.3 Å². The summed E-state index contributed by atoms with van der Waals surface area (Å²) in [6.07, 6.45) is 1.45. The molecule has 0 aliphatic carbocycles. The average molecular weight is 277 g/mol. The highest BCUT2D eigenvalue weighted by atomic mass is 16.5. The van der Waals surface area contributed by atoms with E-state index in [4.69, 9.17) is 9.47 Å². The zero-order valence-corrected chi connectivity index (χ0v) is 11.9. The largest absolute Gasteiger partial charge is 0.493 e. The Kier molecular flexibility index (Phi) is 4.24. The van der Waals surface area contributed by atoms with Gasteiger partial charge >= 0.3 is 0 Å². The van der Waals surface area contributed by atoms with Gasteiger partial charge < -0.3 is 14.6 Å². The first-order valence-electron chi connectivity index (χ1n) is 6.34. The van der Waals surface area contributed by atoms with Crippen LogP contribution >= 0.6 is 0 Å². The summed E-state index contributed by atoms with van der Waals surface area (Å²) < 4.78 is 12.6. The van der Waals surface area contributed by atoms with Crippen LogP contribution in [-0.2, 0) is 13.2 Å². The molecule has 6 nitrogen and oxygen atoms in total. The van der Waals surface area contributed by atoms with Gasteiger partial charge in [-0.2, -0.15) is 5.10 Å². The van der Waals surface area contributed by atoms with Gasteiger partial charge in [-0.25, -0.2) is 9.67 Å². The molecular weight excluding hydrogens is 258 g/mol. The Morgan fingerprint density at radius 3 is 2.60 bits per heavy atom. The molecule has 6 heteroatoms. The second-order valence-electron chi connectivity index (χ2n) is 5.09. The van der Waals surface area contributed by atoms with Gasteiger partial charge in [0.1, 0.15) is 12.9 Å². The number of para-hydroxylation sites is 2. The summed E-state index contributed by atoms with van der Waals surface area (Å²) in [4.78, 5) is 4.15. The van der Waals surface area contributed by atoms with E-state index in [1.165, 1.54) is 6.33 Å². The maximum atomic E-state index is 9.83. The third-order valence-electron chi connectivity index (χ3n) is 2.66. The van der Waals surface area contributed by atoms with E-state index in [0.29, 0.717) is 23.9 Å². The van der Waals surface area contributed by atoms with Crippen molar-refractivity contribution in [2.45, 2.75) is 32.6 Å². The number of ether oxygens (including phenoxy) is 2. The fourth-order valence-electron chi connectivity index (χ4n) is 1.78. The van der Waals surface area contributed by atoms with E-state index >= 15 is 0 Å². The predicted molar refractivity (Wildman–Crippen MR) is 73.6 cm³/mol. The Morgan fingerprint density at radius 1 is 1.25 bits per heavy atom. The first-order chi connectivity index (χ1) is 9.49. The number of hydrogen-bond donors (Lipinski definition) is 1. The lowest BCUT2D eigenvalue weighted by Crippen LogP contribution is -2.28. The van der Waals surface area contributed by atoms with Gasteiger partial charge in [0.15, 0.2) is 17.3 Å². The van der Waals surface area contributed by atoms with Crippen LogP contribution in [0.2, 0.25) is 0 Å². The topological polar surface area (TPSA) is 69.4 Å². The van der Waals surface area contributed by atoms with Crippen molar-refractivity contribution in [1.82, 2.24) is 14.8 Å². The maximum Gasteiger partial charge on any atom is 0.164 e. The molecule has 0 saturated carbocycles. The molecule has 0 unspecified atom stereocenters. The molecule has 0 amide bonds. The first-order valence-corrected chi connectivity index (χ1v) is 6.34. The molecule has 1 heterocycles. The van der Waals surface area contributed by atoms with E-state index in [0.717, 1.165) is 0 Å². The standard InChI is InChI=1S/C14H19N3O3/c1-14(2,18)9-17-13(15-10-16-17)8-20-12-7-5-4-6-11(12)19-3/h4-7,10,18H,8-9H2,1-3H3. The zero-order valence-electron chi connectivity index (χ0n) is 11.9. The minimum Gasteiger partial charge on any atom is -0.493 e. The van der Waals surface area contributed by atoms with Crippen LogP contribution in [0.3, 0.4) is 0 Å². The Bertz CT molecular complexity index is 561. The van der Waals surface area contributed by atoms with Crippen molar-refractivity contribution in [2.24, 2.45) is 0 Å². The molecule has 2 rings (SSSR count). The Balaban J connectivity index is 2.06. The minimum atomic E-state index is -0.854. The fraction of sp³-hybridized carbons (Fsp3) is 0.429. The molecule has 20 heavy (non-hydrogen) atoms. The molecule has 0 radical (unpaired) electrons. The zero-order chi connectivity index (χ0) is 14.6. The normalized spacial score (nSPS) is 11.4. The second kappa shape index (κ2) is 5.92. The van der Waals surface area contributed by atoms with Crippen molar-refractivity contribution in [3.8, 4) is 11.5 Å². The highest BCUT2D eigenvalue weighted by molar-refractivity contribution is 5.39. The first kappa shape index (κ1) is 14.3. The fourth-order valence-corrected chi connectivity index (χ4v) is 1.78. The van der Waals surface area contributed by atoms with Gasteiger partial charge in [0.05, 0.1) is 19.3 Å². The molecule has 108 valence electrons. The van der Waals surface area contributed by atoms with Crippen LogP contribution < -0.4 is 9.47 Å². The number of nitrogens with zero attached hydrogens (tertiary/aromatic N) is 3. The van der Waals surface area contributed by atoms with Gasteiger partial charge in [-0.15, -0.1) is 0 Å². The lowest BCUT2D eigenvalue weighted by atomic mass is 10.1. The van der Waals surface area contributed by atoms with Crippen LogP contribution in [0.1, 0.15) is 19.7 Å². The molecule has 0 bridgehead atoms. The molecule has 0 saturated heterocycles. The van der Waals surface area contributed by atoms with Crippen LogP contribution in [0.25, 0.3) is 0 Å². The molecule has 1 N–H and O–H groups in total. The molecule has 0 fully saturated rings. The summed E-state index contributed by atoms with van der Waals surface area (Å²) in [5.74, 6) is 1.96. The van der Waals surface area contributed by atoms with Crippen molar-refractivity contribution >= 4 is 0 Å². The third kappa shape index (κ3) is 3.71. The van der Waals surface area contributed by atoms with E-state index in [-0.39, 0.29) is 6.61 Å². The summed E-state index contributed by atoms with van der Waals surface area (Å²) in [6.45, 7) is 4.06. The van der Waals surface area contributed by atoms with E-state index in [2.05, 4.69) is 10.1 Å². The van der Waals surface area contributed by atoms with Gasteiger partial charge in [0.25, 0.3) is 0 Å². The molecule has 1 aromatic carbocycles. The van der Waals surface area contributed by atoms with Crippen molar-refractivity contribution in [1.29, 1.82) is 0 Å². The summed E-state index contributed by atoms with van der Waals surface area (Å²) in [5.41, 5.74) is -0.854. The average Bonchev–Trinajstić information content (AvgIpc) is 2.81. The van der Waals surface area contributed by atoms with Gasteiger partial charge in [-0.3, -0.25) is 0 Å². The molecule has 0 spiro atoms. The van der Waals surface area contributed by atoms with Crippen molar-refractivity contribution < 1.29 is 14.6 Å². The van der Waals surface area contributed by atoms with Gasteiger partial charge in [0.2, 0.25) is 0 Å². The quantitative estimate of drug-likeness (QED) is 0.869. The van der Waals surface area contributed by atoms with Crippen LogP contribution in [0, 0.1) is 0 Å². The number of aromatic nitrogens is 3. The van der Waals surface area contributed by atoms with Crippen LogP contribution in [0.4, 0.5) is 0 Å². The third-order valence-corrected chi connectivity index (χ3v) is 2.66. The highest BCUT2D eigenvalue weighted by Gasteiger charge is 2.17. The van der Waals surface area contributed by atoms with Gasteiger partial charge in [-0.1, -0.05) is 12.1 Å². The maximum absolute atomic E-state index is 9.83. The number of rotatable bonds is 6. The number of methoxy groups -OCH3 is 1. The molecular formula is C14H19N3O3. The van der Waals surface area contributed by atoms with Crippen molar-refractivity contribution in [3.05, 3.63) is 36.4 Å². The van der Waals surface area contributed by atoms with Crippen molar-refractivity contribution in [3.63, 3.8) is 0 Å². The number of benzene rings is 1. The smallest absolute Gasteiger partial charge is 0.164 e. The predicted octanol–water partition coefficient (Wildman–Crippen LogP) is 1.64. The molecule has 0 atom stereocenters.